The zero-order valence-corrected chi connectivity index (χ0v) is 7.95. The molecule has 0 aliphatic carbocycles. The molecule has 0 aliphatic heterocycles. The first-order chi connectivity index (χ1) is 6.24. The fourth-order valence-corrected chi connectivity index (χ4v) is 0.906. The van der Waals surface area contributed by atoms with Crippen LogP contribution in [0, 0.1) is 0 Å². The van der Waals surface area contributed by atoms with Crippen molar-refractivity contribution in [2.75, 3.05) is 0 Å². The second-order valence-corrected chi connectivity index (χ2v) is 3.02. The van der Waals surface area contributed by atoms with Gasteiger partial charge in [-0.25, -0.2) is 0 Å². The van der Waals surface area contributed by atoms with Gasteiger partial charge in [0, 0.05) is 18.4 Å². The quantitative estimate of drug-likeness (QED) is 0.764. The van der Waals surface area contributed by atoms with Crippen LogP contribution in [0.2, 0.25) is 0 Å². The van der Waals surface area contributed by atoms with Gasteiger partial charge in [0.15, 0.2) is 0 Å². The van der Waals surface area contributed by atoms with E-state index in [0.717, 1.165) is 6.42 Å². The molecule has 1 atom stereocenters. The molecule has 1 aromatic heterocycles. The van der Waals surface area contributed by atoms with Gasteiger partial charge in [0.2, 0.25) is 0 Å². The standard InChI is InChI=1S/C10H14N2O/c1-3-8(2)12-10(13)9-5-4-6-11-7-9/h4-8H,3H2,1-2H3,(H,12,13). The predicted molar refractivity (Wildman–Crippen MR) is 51.5 cm³/mol. The Morgan fingerprint density at radius 2 is 2.46 bits per heavy atom. The van der Waals surface area contributed by atoms with Crippen LogP contribution in [0.25, 0.3) is 0 Å². The van der Waals surface area contributed by atoms with E-state index in [0.29, 0.717) is 5.56 Å². The Hall–Kier alpha value is -1.38. The third kappa shape index (κ3) is 2.86. The van der Waals surface area contributed by atoms with Crippen LogP contribution in [-0.4, -0.2) is 16.9 Å². The molecular formula is C10H14N2O. The first-order valence-electron chi connectivity index (χ1n) is 4.45. The highest BCUT2D eigenvalue weighted by molar-refractivity contribution is 5.93. The van der Waals surface area contributed by atoms with Crippen molar-refractivity contribution >= 4 is 5.91 Å². The van der Waals surface area contributed by atoms with E-state index in [-0.39, 0.29) is 11.9 Å². The Balaban J connectivity index is 2.59. The lowest BCUT2D eigenvalue weighted by molar-refractivity contribution is 0.0939. The predicted octanol–water partition coefficient (Wildman–Crippen LogP) is 1.61. The second kappa shape index (κ2) is 4.60. The minimum Gasteiger partial charge on any atom is -0.350 e. The Kier molecular flexibility index (Phi) is 3.43. The number of pyridine rings is 1. The molecule has 1 aromatic rings. The third-order valence-electron chi connectivity index (χ3n) is 1.91. The number of carbonyl (C=O) groups is 1. The summed E-state index contributed by atoms with van der Waals surface area (Å²) < 4.78 is 0. The molecule has 13 heavy (non-hydrogen) atoms. The molecule has 0 radical (unpaired) electrons. The van der Waals surface area contributed by atoms with Crippen molar-refractivity contribution in [2.45, 2.75) is 26.3 Å². The summed E-state index contributed by atoms with van der Waals surface area (Å²) in [5.74, 6) is -0.0533. The molecule has 0 spiro atoms. The number of amides is 1. The summed E-state index contributed by atoms with van der Waals surface area (Å²) in [6, 6.07) is 3.73. The van der Waals surface area contributed by atoms with Crippen molar-refractivity contribution in [1.29, 1.82) is 0 Å². The monoisotopic (exact) mass is 178 g/mol. The van der Waals surface area contributed by atoms with Crippen molar-refractivity contribution in [3.05, 3.63) is 30.1 Å². The Bertz CT molecular complexity index is 272. The Labute approximate surface area is 78.2 Å². The van der Waals surface area contributed by atoms with Gasteiger partial charge < -0.3 is 5.32 Å². The summed E-state index contributed by atoms with van der Waals surface area (Å²) in [6.07, 6.45) is 4.16. The fourth-order valence-electron chi connectivity index (χ4n) is 0.906. The van der Waals surface area contributed by atoms with Gasteiger partial charge in [0.1, 0.15) is 0 Å². The van der Waals surface area contributed by atoms with Gasteiger partial charge in [0.05, 0.1) is 5.56 Å². The number of hydrogen-bond donors (Lipinski definition) is 1. The zero-order chi connectivity index (χ0) is 9.68. The smallest absolute Gasteiger partial charge is 0.253 e. The average molecular weight is 178 g/mol. The maximum Gasteiger partial charge on any atom is 0.253 e. The molecule has 1 N–H and O–H groups in total. The summed E-state index contributed by atoms with van der Waals surface area (Å²) >= 11 is 0. The molecule has 1 rings (SSSR count). The number of hydrogen-bond acceptors (Lipinski definition) is 2. The summed E-state index contributed by atoms with van der Waals surface area (Å²) in [5, 5.41) is 2.87. The summed E-state index contributed by atoms with van der Waals surface area (Å²) in [6.45, 7) is 4.02. The summed E-state index contributed by atoms with van der Waals surface area (Å²) in [4.78, 5) is 15.3. The van der Waals surface area contributed by atoms with Gasteiger partial charge >= 0.3 is 0 Å². The minimum atomic E-state index is -0.0533. The van der Waals surface area contributed by atoms with Crippen LogP contribution < -0.4 is 5.32 Å². The largest absolute Gasteiger partial charge is 0.350 e. The molecule has 70 valence electrons. The molecule has 0 fully saturated rings. The topological polar surface area (TPSA) is 42.0 Å². The lowest BCUT2D eigenvalue weighted by Gasteiger charge is -2.10. The molecule has 1 amide bonds. The highest BCUT2D eigenvalue weighted by atomic mass is 16.1. The van der Waals surface area contributed by atoms with Gasteiger partial charge in [-0.05, 0) is 25.5 Å². The number of carbonyl (C=O) groups excluding carboxylic acids is 1. The Morgan fingerprint density at radius 1 is 1.69 bits per heavy atom. The molecule has 0 aromatic carbocycles. The molecule has 1 heterocycles. The van der Waals surface area contributed by atoms with E-state index in [1.165, 1.54) is 0 Å². The first kappa shape index (κ1) is 9.71. The first-order valence-corrected chi connectivity index (χ1v) is 4.45. The molecule has 3 nitrogen and oxygen atoms in total. The van der Waals surface area contributed by atoms with Crippen LogP contribution in [0.15, 0.2) is 24.5 Å². The lowest BCUT2D eigenvalue weighted by Crippen LogP contribution is -2.31. The van der Waals surface area contributed by atoms with Gasteiger partial charge in [-0.3, -0.25) is 9.78 Å². The van der Waals surface area contributed by atoms with Gasteiger partial charge in [-0.2, -0.15) is 0 Å². The zero-order valence-electron chi connectivity index (χ0n) is 7.95. The van der Waals surface area contributed by atoms with E-state index >= 15 is 0 Å². The lowest BCUT2D eigenvalue weighted by atomic mass is 10.2. The van der Waals surface area contributed by atoms with Crippen LogP contribution in [0.3, 0.4) is 0 Å². The number of nitrogens with one attached hydrogen (secondary N) is 1. The molecule has 0 bridgehead atoms. The normalized spacial score (nSPS) is 12.2. The number of rotatable bonds is 3. The SMILES string of the molecule is CCC(C)NC(=O)c1cccnc1. The van der Waals surface area contributed by atoms with E-state index < -0.39 is 0 Å². The fraction of sp³-hybridized carbons (Fsp3) is 0.400. The second-order valence-electron chi connectivity index (χ2n) is 3.02. The van der Waals surface area contributed by atoms with Crippen molar-refractivity contribution in [3.63, 3.8) is 0 Å². The summed E-state index contributed by atoms with van der Waals surface area (Å²) in [5.41, 5.74) is 0.614. The van der Waals surface area contributed by atoms with Gasteiger partial charge in [0.25, 0.3) is 5.91 Å². The van der Waals surface area contributed by atoms with Crippen LogP contribution in [0.4, 0.5) is 0 Å². The number of nitrogens with zero attached hydrogens (tertiary/aromatic N) is 1. The highest BCUT2D eigenvalue weighted by Crippen LogP contribution is 1.97. The third-order valence-corrected chi connectivity index (χ3v) is 1.91. The maximum absolute atomic E-state index is 11.5. The van der Waals surface area contributed by atoms with Crippen LogP contribution >= 0.6 is 0 Å². The van der Waals surface area contributed by atoms with Crippen LogP contribution in [-0.2, 0) is 0 Å². The van der Waals surface area contributed by atoms with Gasteiger partial charge in [-0.1, -0.05) is 6.92 Å². The van der Waals surface area contributed by atoms with Crippen LogP contribution in [0.1, 0.15) is 30.6 Å². The van der Waals surface area contributed by atoms with Crippen molar-refractivity contribution in [3.8, 4) is 0 Å². The van der Waals surface area contributed by atoms with E-state index in [1.807, 2.05) is 13.8 Å². The van der Waals surface area contributed by atoms with E-state index in [2.05, 4.69) is 10.3 Å². The molecular weight excluding hydrogens is 164 g/mol. The van der Waals surface area contributed by atoms with Crippen LogP contribution in [0.5, 0.6) is 0 Å². The van der Waals surface area contributed by atoms with Crippen molar-refractivity contribution in [1.82, 2.24) is 10.3 Å². The molecule has 0 aliphatic rings. The van der Waals surface area contributed by atoms with Gasteiger partial charge in [-0.15, -0.1) is 0 Å². The van der Waals surface area contributed by atoms with Crippen molar-refractivity contribution in [2.24, 2.45) is 0 Å². The molecule has 0 saturated heterocycles. The highest BCUT2D eigenvalue weighted by Gasteiger charge is 2.06. The van der Waals surface area contributed by atoms with Crippen molar-refractivity contribution < 1.29 is 4.79 Å². The van der Waals surface area contributed by atoms with E-state index in [4.69, 9.17) is 0 Å². The number of aromatic nitrogens is 1. The molecule has 3 heteroatoms. The Morgan fingerprint density at radius 3 is 3.00 bits per heavy atom. The maximum atomic E-state index is 11.5. The van der Waals surface area contributed by atoms with E-state index in [1.54, 1.807) is 24.5 Å². The average Bonchev–Trinajstić information content (AvgIpc) is 2.19. The summed E-state index contributed by atoms with van der Waals surface area (Å²) in [7, 11) is 0. The minimum absolute atomic E-state index is 0.0533. The van der Waals surface area contributed by atoms with E-state index in [9.17, 15) is 4.79 Å². The molecule has 1 unspecified atom stereocenters. The molecule has 0 saturated carbocycles.